The van der Waals surface area contributed by atoms with Gasteiger partial charge in [-0.15, -0.1) is 11.3 Å². The fourth-order valence-electron chi connectivity index (χ4n) is 5.55. The Labute approximate surface area is 215 Å². The lowest BCUT2D eigenvalue weighted by atomic mass is 9.95. The second-order valence-electron chi connectivity index (χ2n) is 9.82. The number of likely N-dealkylation sites (tertiary alicyclic amines) is 1. The SMILES string of the molecule is CCN(CC)C(=O)[C@H]1CCC[NH+]([C@@H]2CC(=O)N(c3ccc(-c4nc5ccc(C)cc5s4)cc3)C2=O)C1. The Bertz CT molecular complexity index is 1300. The fraction of sp³-hybridized carbons (Fsp3) is 0.429. The van der Waals surface area contributed by atoms with E-state index in [1.54, 1.807) is 11.3 Å². The minimum atomic E-state index is -0.419. The third-order valence-electron chi connectivity index (χ3n) is 7.54. The molecule has 0 bridgehead atoms. The number of quaternary nitrogens is 1. The summed E-state index contributed by atoms with van der Waals surface area (Å²) in [5.74, 6) is -0.235. The average molecular weight is 506 g/mol. The Morgan fingerprint density at radius 2 is 1.89 bits per heavy atom. The number of thiazole rings is 1. The highest BCUT2D eigenvalue weighted by Crippen LogP contribution is 2.32. The van der Waals surface area contributed by atoms with Gasteiger partial charge in [-0.3, -0.25) is 14.4 Å². The van der Waals surface area contributed by atoms with E-state index in [9.17, 15) is 14.4 Å². The summed E-state index contributed by atoms with van der Waals surface area (Å²) in [4.78, 5) is 48.3. The van der Waals surface area contributed by atoms with Crippen LogP contribution in [0.15, 0.2) is 42.5 Å². The molecule has 7 nitrogen and oxygen atoms in total. The van der Waals surface area contributed by atoms with Gasteiger partial charge in [0.25, 0.3) is 5.91 Å². The van der Waals surface area contributed by atoms with Crippen LogP contribution >= 0.6 is 11.3 Å². The molecule has 3 amide bonds. The number of fused-ring (bicyclic) bond motifs is 1. The summed E-state index contributed by atoms with van der Waals surface area (Å²) in [6, 6.07) is 13.3. The number of amides is 3. The number of rotatable bonds is 6. The molecule has 2 aliphatic heterocycles. The molecule has 8 heteroatoms. The highest BCUT2D eigenvalue weighted by atomic mass is 32.1. The van der Waals surface area contributed by atoms with Crippen LogP contribution in [0.25, 0.3) is 20.8 Å². The van der Waals surface area contributed by atoms with Gasteiger partial charge in [0.15, 0.2) is 6.04 Å². The summed E-state index contributed by atoms with van der Waals surface area (Å²) < 4.78 is 1.14. The number of carbonyl (C=O) groups is 3. The van der Waals surface area contributed by atoms with Gasteiger partial charge in [-0.25, -0.2) is 9.88 Å². The maximum atomic E-state index is 13.4. The van der Waals surface area contributed by atoms with Crippen molar-refractivity contribution in [1.82, 2.24) is 9.88 Å². The van der Waals surface area contributed by atoms with Crippen molar-refractivity contribution in [2.45, 2.75) is 46.1 Å². The van der Waals surface area contributed by atoms with Crippen molar-refractivity contribution >= 4 is 45.0 Å². The molecule has 3 aromatic rings. The van der Waals surface area contributed by atoms with Crippen molar-refractivity contribution < 1.29 is 19.3 Å². The molecule has 36 heavy (non-hydrogen) atoms. The highest BCUT2D eigenvalue weighted by molar-refractivity contribution is 7.21. The monoisotopic (exact) mass is 505 g/mol. The van der Waals surface area contributed by atoms with Crippen molar-refractivity contribution in [3.63, 3.8) is 0 Å². The van der Waals surface area contributed by atoms with Crippen molar-refractivity contribution in [1.29, 1.82) is 0 Å². The second-order valence-corrected chi connectivity index (χ2v) is 10.9. The Balaban J connectivity index is 1.31. The van der Waals surface area contributed by atoms with Gasteiger partial charge in [-0.2, -0.15) is 0 Å². The van der Waals surface area contributed by atoms with Crippen LogP contribution < -0.4 is 9.80 Å². The van der Waals surface area contributed by atoms with Crippen molar-refractivity contribution in [2.75, 3.05) is 31.1 Å². The zero-order chi connectivity index (χ0) is 25.4. The lowest BCUT2D eigenvalue weighted by Gasteiger charge is -2.34. The number of piperidine rings is 1. The summed E-state index contributed by atoms with van der Waals surface area (Å²) >= 11 is 1.64. The second kappa shape index (κ2) is 10.1. The van der Waals surface area contributed by atoms with Gasteiger partial charge in [-0.05, 0) is 75.6 Å². The first-order valence-electron chi connectivity index (χ1n) is 12.9. The van der Waals surface area contributed by atoms with E-state index >= 15 is 0 Å². The summed E-state index contributed by atoms with van der Waals surface area (Å²) in [5, 5.41) is 0.917. The first kappa shape index (κ1) is 24.6. The molecule has 0 spiro atoms. The minimum Gasteiger partial charge on any atom is -0.343 e. The molecule has 188 valence electrons. The van der Waals surface area contributed by atoms with Gasteiger partial charge in [0.05, 0.1) is 41.3 Å². The quantitative estimate of drug-likeness (QED) is 0.523. The molecule has 0 aliphatic carbocycles. The van der Waals surface area contributed by atoms with Crippen molar-refractivity contribution in [3.05, 3.63) is 48.0 Å². The number of hydrogen-bond donors (Lipinski definition) is 1. The number of anilines is 1. The molecule has 1 aromatic heterocycles. The van der Waals surface area contributed by atoms with Crippen LogP contribution in [0.5, 0.6) is 0 Å². The van der Waals surface area contributed by atoms with E-state index in [1.165, 1.54) is 10.5 Å². The van der Waals surface area contributed by atoms with E-state index in [0.717, 1.165) is 45.1 Å². The maximum Gasteiger partial charge on any atom is 0.292 e. The Morgan fingerprint density at radius 3 is 2.61 bits per heavy atom. The zero-order valence-corrected chi connectivity index (χ0v) is 21.9. The average Bonchev–Trinajstić information content (AvgIpc) is 3.44. The third kappa shape index (κ3) is 4.55. The Morgan fingerprint density at radius 1 is 1.14 bits per heavy atom. The number of aromatic nitrogens is 1. The summed E-state index contributed by atoms with van der Waals surface area (Å²) in [5.41, 5.74) is 3.74. The van der Waals surface area contributed by atoms with E-state index in [0.29, 0.717) is 25.3 Å². The largest absolute Gasteiger partial charge is 0.343 e. The van der Waals surface area contributed by atoms with Crippen molar-refractivity contribution in [2.24, 2.45) is 5.92 Å². The molecule has 2 aliphatic rings. The van der Waals surface area contributed by atoms with Crippen molar-refractivity contribution in [3.8, 4) is 10.6 Å². The summed E-state index contributed by atoms with van der Waals surface area (Å²) in [6.45, 7) is 8.88. The number of nitrogens with zero attached hydrogens (tertiary/aromatic N) is 3. The van der Waals surface area contributed by atoms with Crippen LogP contribution in [0.1, 0.15) is 38.7 Å². The number of hydrogen-bond acceptors (Lipinski definition) is 5. The zero-order valence-electron chi connectivity index (χ0n) is 21.1. The van der Waals surface area contributed by atoms with Gasteiger partial charge in [0.2, 0.25) is 11.8 Å². The van der Waals surface area contributed by atoms with Crippen LogP contribution in [0.3, 0.4) is 0 Å². The fourth-order valence-corrected chi connectivity index (χ4v) is 6.62. The number of nitrogens with one attached hydrogen (secondary N) is 1. The Hall–Kier alpha value is -3.10. The first-order chi connectivity index (χ1) is 17.4. The molecule has 3 heterocycles. The van der Waals surface area contributed by atoms with E-state index in [1.807, 2.05) is 49.1 Å². The summed E-state index contributed by atoms with van der Waals surface area (Å²) in [6.07, 6.45) is 1.94. The molecule has 5 rings (SSSR count). The molecule has 2 aromatic carbocycles. The predicted molar refractivity (Wildman–Crippen MR) is 142 cm³/mol. The van der Waals surface area contributed by atoms with Gasteiger partial charge in [0.1, 0.15) is 5.01 Å². The molecule has 1 N–H and O–H groups in total. The molecule has 0 radical (unpaired) electrons. The smallest absolute Gasteiger partial charge is 0.292 e. The molecule has 0 saturated carbocycles. The van der Waals surface area contributed by atoms with Gasteiger partial charge in [-0.1, -0.05) is 6.07 Å². The number of carbonyl (C=O) groups excluding carboxylic acids is 3. The van der Waals surface area contributed by atoms with Gasteiger partial charge < -0.3 is 9.80 Å². The van der Waals surface area contributed by atoms with Crippen LogP contribution in [0, 0.1) is 12.8 Å². The Kier molecular flexibility index (Phi) is 6.90. The number of aryl methyl sites for hydroxylation is 1. The topological polar surface area (TPSA) is 75.0 Å². The minimum absolute atomic E-state index is 0.0810. The summed E-state index contributed by atoms with van der Waals surface area (Å²) in [7, 11) is 0. The molecule has 3 atom stereocenters. The van der Waals surface area contributed by atoms with E-state index in [-0.39, 0.29) is 30.1 Å². The van der Waals surface area contributed by atoms with Crippen LogP contribution in [0.2, 0.25) is 0 Å². The number of benzene rings is 2. The predicted octanol–water partition coefficient (Wildman–Crippen LogP) is 3.07. The third-order valence-corrected chi connectivity index (χ3v) is 8.61. The molecule has 2 fully saturated rings. The van der Waals surface area contributed by atoms with Crippen LogP contribution in [-0.4, -0.2) is 59.8 Å². The first-order valence-corrected chi connectivity index (χ1v) is 13.7. The maximum absolute atomic E-state index is 13.4. The van der Waals surface area contributed by atoms with Gasteiger partial charge >= 0.3 is 0 Å². The standard InChI is InChI=1S/C28H32N4O3S/c1-4-30(5-2)27(34)20-7-6-14-31(17-20)23-16-25(33)32(28(23)35)21-11-9-19(10-12-21)26-29-22-13-8-18(3)15-24(22)36-26/h8-13,15,20,23H,4-7,14,16-17H2,1-3H3/p+1/t20-,23+/m0/s1. The van der Waals surface area contributed by atoms with Gasteiger partial charge in [0, 0.05) is 18.7 Å². The van der Waals surface area contributed by atoms with E-state index < -0.39 is 6.04 Å². The lowest BCUT2D eigenvalue weighted by molar-refractivity contribution is -0.922. The molecular weight excluding hydrogens is 472 g/mol. The molecule has 1 unspecified atom stereocenters. The van der Waals surface area contributed by atoms with E-state index in [2.05, 4.69) is 19.1 Å². The highest BCUT2D eigenvalue weighted by Gasteiger charge is 2.47. The lowest BCUT2D eigenvalue weighted by Crippen LogP contribution is -3.18. The number of imide groups is 1. The van der Waals surface area contributed by atoms with E-state index in [4.69, 9.17) is 4.98 Å². The molecular formula is C28H33N4O3S+. The normalized spacial score (nSPS) is 22.4. The van der Waals surface area contributed by atoms with Crippen LogP contribution in [-0.2, 0) is 14.4 Å². The molecule has 2 saturated heterocycles. The van der Waals surface area contributed by atoms with Crippen LogP contribution in [0.4, 0.5) is 5.69 Å².